The molecule has 4 fully saturated rings. The molecule has 4 bridgehead atoms. The number of rotatable bonds is 3. The zero-order chi connectivity index (χ0) is 18.3. The summed E-state index contributed by atoms with van der Waals surface area (Å²) in [6.45, 7) is 7.84. The Balaban J connectivity index is 1.62. The molecule has 6 rings (SSSR count). The van der Waals surface area contributed by atoms with Gasteiger partial charge in [-0.25, -0.2) is 9.59 Å². The number of benzene rings is 1. The number of fused-ring (bicyclic) bond motifs is 1. The summed E-state index contributed by atoms with van der Waals surface area (Å²) >= 11 is 0. The minimum atomic E-state index is -0.544. The lowest BCUT2D eigenvalue weighted by Crippen LogP contribution is -2.67. The molecule has 0 spiro atoms. The summed E-state index contributed by atoms with van der Waals surface area (Å²) in [5, 5.41) is 0. The lowest BCUT2D eigenvalue weighted by Gasteiger charge is -2.43. The Labute approximate surface area is 154 Å². The van der Waals surface area contributed by atoms with Crippen LogP contribution in [0.15, 0.2) is 24.3 Å². The second kappa shape index (κ2) is 5.08. The van der Waals surface area contributed by atoms with E-state index in [0.717, 1.165) is 42.6 Å². The number of nitrogens with zero attached hydrogens (tertiary/aromatic N) is 3. The molecule has 26 heavy (non-hydrogen) atoms. The number of anilines is 1. The Morgan fingerprint density at radius 1 is 1.27 bits per heavy atom. The quantitative estimate of drug-likeness (QED) is 0.848. The predicted molar refractivity (Wildman–Crippen MR) is 101 cm³/mol. The molecule has 5 atom stereocenters. The average Bonchev–Trinajstić information content (AvgIpc) is 3.09. The number of primary amides is 1. The highest BCUT2D eigenvalue weighted by molar-refractivity contribution is 6.20. The van der Waals surface area contributed by atoms with E-state index in [1.54, 1.807) is 4.90 Å². The molecule has 1 aromatic carbocycles. The van der Waals surface area contributed by atoms with Gasteiger partial charge in [-0.15, -0.1) is 4.48 Å². The van der Waals surface area contributed by atoms with Gasteiger partial charge in [-0.3, -0.25) is 4.90 Å². The van der Waals surface area contributed by atoms with Crippen molar-refractivity contribution in [2.75, 3.05) is 31.1 Å². The highest BCUT2D eigenvalue weighted by atomic mass is 16.2. The lowest BCUT2D eigenvalue weighted by molar-refractivity contribution is 0.0784. The molecule has 1 saturated carbocycles. The van der Waals surface area contributed by atoms with Crippen molar-refractivity contribution in [2.24, 2.45) is 23.0 Å². The number of nitrogens with two attached hydrogens (primary N) is 1. The van der Waals surface area contributed by atoms with Crippen molar-refractivity contribution in [2.45, 2.75) is 32.7 Å². The molecule has 4 heterocycles. The molecule has 2 N–H and O–H groups in total. The van der Waals surface area contributed by atoms with Gasteiger partial charge >= 0.3 is 12.1 Å². The fourth-order valence-electron chi connectivity index (χ4n) is 6.43. The average molecular weight is 355 g/mol. The van der Waals surface area contributed by atoms with E-state index < -0.39 is 6.03 Å². The van der Waals surface area contributed by atoms with E-state index in [4.69, 9.17) is 5.73 Å². The van der Waals surface area contributed by atoms with Crippen LogP contribution in [0.3, 0.4) is 0 Å². The predicted octanol–water partition coefficient (Wildman–Crippen LogP) is 2.76. The number of hydrogen-bond acceptors (Lipinski definition) is 3. The minimum Gasteiger partial charge on any atom is -0.318 e. The summed E-state index contributed by atoms with van der Waals surface area (Å²) in [5.41, 5.74) is 7.57. The number of carbonyl (C=O) groups is 2. The first-order valence-corrected chi connectivity index (χ1v) is 9.70. The molecular formula is C20H27N4O2+. The molecule has 4 unspecified atom stereocenters. The van der Waals surface area contributed by atoms with Crippen LogP contribution in [0.1, 0.15) is 26.7 Å². The van der Waals surface area contributed by atoms with E-state index in [9.17, 15) is 9.59 Å². The molecule has 4 amide bonds. The maximum Gasteiger partial charge on any atom is 0.438 e. The van der Waals surface area contributed by atoms with Gasteiger partial charge < -0.3 is 10.6 Å². The molecule has 1 aliphatic carbocycles. The Morgan fingerprint density at radius 2 is 1.92 bits per heavy atom. The van der Waals surface area contributed by atoms with Crippen molar-refractivity contribution in [3.63, 3.8) is 0 Å². The maximum atomic E-state index is 13.6. The summed E-state index contributed by atoms with van der Waals surface area (Å²) in [6, 6.07) is 6.94. The van der Waals surface area contributed by atoms with E-state index in [2.05, 4.69) is 4.90 Å². The number of urea groups is 2. The van der Waals surface area contributed by atoms with Crippen molar-refractivity contribution in [1.82, 2.24) is 9.38 Å². The number of imide groups is 1. The molecule has 6 nitrogen and oxygen atoms in total. The minimum absolute atomic E-state index is 0.0136. The van der Waals surface area contributed by atoms with Gasteiger partial charge in [-0.1, -0.05) is 12.1 Å². The number of carbonyl (C=O) groups excluding carboxylic acids is 2. The smallest absolute Gasteiger partial charge is 0.318 e. The van der Waals surface area contributed by atoms with Gasteiger partial charge in [-0.2, -0.15) is 0 Å². The van der Waals surface area contributed by atoms with Crippen LogP contribution in [-0.4, -0.2) is 49.2 Å². The summed E-state index contributed by atoms with van der Waals surface area (Å²) in [4.78, 5) is 30.7. The van der Waals surface area contributed by atoms with E-state index in [0.29, 0.717) is 6.54 Å². The van der Waals surface area contributed by atoms with Gasteiger partial charge in [0, 0.05) is 37.2 Å². The number of hydrogen-bond donors (Lipinski definition) is 1. The third-order valence-corrected chi connectivity index (χ3v) is 7.15. The summed E-state index contributed by atoms with van der Waals surface area (Å²) < 4.78 is -0.346. The van der Waals surface area contributed by atoms with Crippen molar-refractivity contribution in [3.05, 3.63) is 24.3 Å². The van der Waals surface area contributed by atoms with Gasteiger partial charge in [0.15, 0.2) is 5.69 Å². The fourth-order valence-corrected chi connectivity index (χ4v) is 6.43. The first-order chi connectivity index (χ1) is 12.4. The number of para-hydroxylation sites is 2. The van der Waals surface area contributed by atoms with Gasteiger partial charge in [0.1, 0.15) is 12.2 Å². The highest BCUT2D eigenvalue weighted by Gasteiger charge is 2.65. The summed E-state index contributed by atoms with van der Waals surface area (Å²) in [7, 11) is 0. The maximum absolute atomic E-state index is 13.6. The van der Waals surface area contributed by atoms with Crippen molar-refractivity contribution >= 4 is 23.4 Å². The van der Waals surface area contributed by atoms with Gasteiger partial charge in [0.05, 0.1) is 0 Å². The van der Waals surface area contributed by atoms with E-state index in [1.165, 1.54) is 13.1 Å². The van der Waals surface area contributed by atoms with Gasteiger partial charge in [0.25, 0.3) is 0 Å². The van der Waals surface area contributed by atoms with E-state index >= 15 is 0 Å². The van der Waals surface area contributed by atoms with Crippen LogP contribution in [-0.2, 0) is 0 Å². The van der Waals surface area contributed by atoms with Gasteiger partial charge in [0.2, 0.25) is 0 Å². The first-order valence-electron chi connectivity index (χ1n) is 9.70. The van der Waals surface area contributed by atoms with Crippen molar-refractivity contribution < 1.29 is 9.59 Å². The van der Waals surface area contributed by atoms with Crippen LogP contribution in [0.4, 0.5) is 21.0 Å². The SMILES string of the molecule is CC(C)N1C(=O)[N+](CC23CC4CN(C[C@H]4C2)C3)(C(N)=O)c2ccccc21. The van der Waals surface area contributed by atoms with Crippen LogP contribution in [0.5, 0.6) is 0 Å². The van der Waals surface area contributed by atoms with E-state index in [1.807, 2.05) is 38.1 Å². The van der Waals surface area contributed by atoms with Crippen LogP contribution in [0, 0.1) is 17.3 Å². The number of amides is 4. The molecule has 6 heteroatoms. The molecule has 3 saturated heterocycles. The van der Waals surface area contributed by atoms with E-state index in [-0.39, 0.29) is 22.0 Å². The Hall–Kier alpha value is -1.92. The molecule has 5 aliphatic rings. The van der Waals surface area contributed by atoms with Crippen molar-refractivity contribution in [1.29, 1.82) is 0 Å². The van der Waals surface area contributed by atoms with Crippen LogP contribution >= 0.6 is 0 Å². The lowest BCUT2D eigenvalue weighted by atomic mass is 9.79. The van der Waals surface area contributed by atoms with Crippen LogP contribution in [0.2, 0.25) is 0 Å². The Bertz CT molecular complexity index is 787. The molecule has 0 radical (unpaired) electrons. The van der Waals surface area contributed by atoms with Gasteiger partial charge in [-0.05, 0) is 44.6 Å². The number of piperidine rings is 2. The largest absolute Gasteiger partial charge is 0.438 e. The zero-order valence-electron chi connectivity index (χ0n) is 15.5. The fraction of sp³-hybridized carbons (Fsp3) is 0.600. The topological polar surface area (TPSA) is 66.6 Å². The normalized spacial score (nSPS) is 39.9. The first kappa shape index (κ1) is 16.3. The third kappa shape index (κ3) is 1.89. The standard InChI is InChI=1S/C20H26N4O2/c1-13(2)23-16-5-3-4-6-17(16)24(18(21)25,19(23)26)12-20-7-14-9-22(11-20)10-15(14)8-20/h3-6,13-15H,7-12H2,1-2H3,(H-,21,25)/p+1/t14-,15?,20?,24?/m1/s1. The zero-order valence-corrected chi connectivity index (χ0v) is 15.5. The summed E-state index contributed by atoms with van der Waals surface area (Å²) in [5.74, 6) is 1.46. The van der Waals surface area contributed by atoms with Crippen molar-refractivity contribution in [3.8, 4) is 0 Å². The third-order valence-electron chi connectivity index (χ3n) is 7.15. The second-order valence-electron chi connectivity index (χ2n) is 9.16. The second-order valence-corrected chi connectivity index (χ2v) is 9.16. The molecule has 1 aromatic rings. The Morgan fingerprint density at radius 3 is 2.50 bits per heavy atom. The summed E-state index contributed by atoms with van der Waals surface area (Å²) in [6.07, 6.45) is 2.25. The molecule has 4 aliphatic heterocycles. The van der Waals surface area contributed by atoms with Crippen LogP contribution in [0.25, 0.3) is 0 Å². The Kier molecular flexibility index (Phi) is 3.18. The molecule has 138 valence electrons. The number of quaternary nitrogens is 1. The monoisotopic (exact) mass is 355 g/mol. The molecular weight excluding hydrogens is 328 g/mol. The molecule has 0 aromatic heterocycles. The van der Waals surface area contributed by atoms with Crippen LogP contribution < -0.4 is 15.1 Å². The highest BCUT2D eigenvalue weighted by Crippen LogP contribution is 2.57.